The number of aromatic amines is 1. The zero-order chi connectivity index (χ0) is 21.9. The summed E-state index contributed by atoms with van der Waals surface area (Å²) in [6.07, 6.45) is 0.843. The molecule has 0 spiro atoms. The van der Waals surface area contributed by atoms with Crippen molar-refractivity contribution in [3.8, 4) is 0 Å². The maximum atomic E-state index is 13.2. The quantitative estimate of drug-likeness (QED) is 0.509. The summed E-state index contributed by atoms with van der Waals surface area (Å²) in [6.45, 7) is 7.89. The van der Waals surface area contributed by atoms with E-state index in [9.17, 15) is 13.2 Å². The Balaban J connectivity index is 1.95. The van der Waals surface area contributed by atoms with Crippen molar-refractivity contribution < 1.29 is 13.2 Å². The summed E-state index contributed by atoms with van der Waals surface area (Å²) in [6, 6.07) is 12.0. The molecule has 1 amide bonds. The molecule has 0 aliphatic carbocycles. The molecule has 160 valence electrons. The van der Waals surface area contributed by atoms with Crippen LogP contribution in [0.1, 0.15) is 55.0 Å². The molecule has 3 rings (SSSR count). The summed E-state index contributed by atoms with van der Waals surface area (Å²) in [5.74, 6) is 0.489. The molecule has 3 N–H and O–H groups in total. The molecule has 0 bridgehead atoms. The van der Waals surface area contributed by atoms with E-state index in [1.54, 1.807) is 19.9 Å². The van der Waals surface area contributed by atoms with Crippen LogP contribution in [-0.4, -0.2) is 30.8 Å². The van der Waals surface area contributed by atoms with E-state index in [4.69, 9.17) is 0 Å². The van der Waals surface area contributed by atoms with Crippen LogP contribution in [0, 0.1) is 12.8 Å². The Labute approximate surface area is 177 Å². The Morgan fingerprint density at radius 2 is 1.90 bits per heavy atom. The summed E-state index contributed by atoms with van der Waals surface area (Å²) in [7, 11) is -3.65. The maximum Gasteiger partial charge on any atom is 0.252 e. The highest BCUT2D eigenvalue weighted by atomic mass is 32.2. The topological polar surface area (TPSA) is 104 Å². The van der Waals surface area contributed by atoms with E-state index in [1.165, 1.54) is 12.1 Å². The number of sulfonamides is 1. The molecule has 0 aliphatic rings. The number of rotatable bonds is 8. The van der Waals surface area contributed by atoms with E-state index < -0.39 is 10.0 Å². The van der Waals surface area contributed by atoms with Gasteiger partial charge in [0.1, 0.15) is 5.82 Å². The summed E-state index contributed by atoms with van der Waals surface area (Å²) < 4.78 is 27.2. The highest BCUT2D eigenvalue weighted by molar-refractivity contribution is 7.89. The van der Waals surface area contributed by atoms with Gasteiger partial charge in [-0.1, -0.05) is 45.4 Å². The van der Waals surface area contributed by atoms with Crippen LogP contribution < -0.4 is 10.0 Å². The third-order valence-electron chi connectivity index (χ3n) is 5.30. The lowest BCUT2D eigenvalue weighted by Crippen LogP contribution is -2.34. The number of carbonyl (C=O) groups is 1. The maximum absolute atomic E-state index is 13.2. The zero-order valence-corrected chi connectivity index (χ0v) is 18.5. The molecule has 2 unspecified atom stereocenters. The molecule has 0 fully saturated rings. The molecule has 1 heterocycles. The predicted octanol–water partition coefficient (Wildman–Crippen LogP) is 3.69. The van der Waals surface area contributed by atoms with Gasteiger partial charge in [-0.15, -0.1) is 0 Å². The van der Waals surface area contributed by atoms with E-state index in [0.29, 0.717) is 17.0 Å². The Morgan fingerprint density at radius 3 is 2.57 bits per heavy atom. The zero-order valence-electron chi connectivity index (χ0n) is 17.7. The number of aryl methyl sites for hydroxylation is 1. The molecule has 2 aromatic carbocycles. The van der Waals surface area contributed by atoms with E-state index in [0.717, 1.165) is 17.5 Å². The van der Waals surface area contributed by atoms with E-state index in [-0.39, 0.29) is 29.3 Å². The van der Waals surface area contributed by atoms with Gasteiger partial charge in [-0.3, -0.25) is 4.79 Å². The molecule has 8 heteroatoms. The van der Waals surface area contributed by atoms with Gasteiger partial charge in [-0.05, 0) is 42.7 Å². The van der Waals surface area contributed by atoms with Crippen molar-refractivity contribution >= 4 is 27.0 Å². The van der Waals surface area contributed by atoms with Gasteiger partial charge in [-0.25, -0.2) is 18.1 Å². The molecule has 30 heavy (non-hydrogen) atoms. The summed E-state index contributed by atoms with van der Waals surface area (Å²) in [5, 5.41) is 3.06. The number of benzene rings is 2. The molecule has 0 aliphatic heterocycles. The molecule has 0 saturated heterocycles. The molecule has 0 saturated carbocycles. The monoisotopic (exact) mass is 428 g/mol. The number of imidazole rings is 1. The third kappa shape index (κ3) is 4.55. The Morgan fingerprint density at radius 1 is 1.17 bits per heavy atom. The smallest absolute Gasteiger partial charge is 0.252 e. The number of fused-ring (bicyclic) bond motifs is 1. The first-order chi connectivity index (χ1) is 14.3. The van der Waals surface area contributed by atoms with E-state index in [1.807, 2.05) is 24.3 Å². The fourth-order valence-electron chi connectivity index (χ4n) is 3.34. The number of hydrogen-bond donors (Lipinski definition) is 3. The average molecular weight is 429 g/mol. The summed E-state index contributed by atoms with van der Waals surface area (Å²) >= 11 is 0. The standard InChI is InChI=1S/C22H28N4O3S/c1-5-14(3)20(21-24-18-9-7-8-10-19(18)25-21)26-22(27)17-13-16(12-11-15(17)4)30(28,29)23-6-2/h7-14,20,23H,5-6H2,1-4H3,(H,24,25)(H,26,27). The van der Waals surface area contributed by atoms with Crippen LogP contribution in [0.5, 0.6) is 0 Å². The van der Waals surface area contributed by atoms with Gasteiger partial charge in [0.15, 0.2) is 0 Å². The second-order valence-corrected chi connectivity index (χ2v) is 9.22. The minimum Gasteiger partial charge on any atom is -0.342 e. The van der Waals surface area contributed by atoms with Gasteiger partial charge in [0.2, 0.25) is 10.0 Å². The van der Waals surface area contributed by atoms with E-state index in [2.05, 4.69) is 33.9 Å². The van der Waals surface area contributed by atoms with Gasteiger partial charge in [0, 0.05) is 12.1 Å². The van der Waals surface area contributed by atoms with Crippen molar-refractivity contribution in [3.05, 3.63) is 59.4 Å². The first-order valence-corrected chi connectivity index (χ1v) is 11.6. The predicted molar refractivity (Wildman–Crippen MR) is 118 cm³/mol. The minimum absolute atomic E-state index is 0.0731. The SMILES string of the molecule is CCNS(=O)(=O)c1ccc(C)c(C(=O)NC(c2nc3ccccc3[nH]2)C(C)CC)c1. The number of amides is 1. The van der Waals surface area contributed by atoms with Crippen LogP contribution in [0.15, 0.2) is 47.4 Å². The highest BCUT2D eigenvalue weighted by Crippen LogP contribution is 2.26. The third-order valence-corrected chi connectivity index (χ3v) is 6.84. The molecule has 3 aromatic rings. The highest BCUT2D eigenvalue weighted by Gasteiger charge is 2.25. The first kappa shape index (κ1) is 22.0. The minimum atomic E-state index is -3.65. The Bertz CT molecular complexity index is 1120. The number of hydrogen-bond acceptors (Lipinski definition) is 4. The van der Waals surface area contributed by atoms with Gasteiger partial charge in [0.05, 0.1) is 22.0 Å². The van der Waals surface area contributed by atoms with Crippen LogP contribution in [0.25, 0.3) is 11.0 Å². The van der Waals surface area contributed by atoms with Crippen LogP contribution in [0.3, 0.4) is 0 Å². The van der Waals surface area contributed by atoms with Crippen molar-refractivity contribution in [2.24, 2.45) is 5.92 Å². The fourth-order valence-corrected chi connectivity index (χ4v) is 4.41. The van der Waals surface area contributed by atoms with Crippen LogP contribution >= 0.6 is 0 Å². The number of nitrogens with one attached hydrogen (secondary N) is 3. The summed E-state index contributed by atoms with van der Waals surface area (Å²) in [4.78, 5) is 21.2. The fraction of sp³-hybridized carbons (Fsp3) is 0.364. The number of aromatic nitrogens is 2. The van der Waals surface area contributed by atoms with Gasteiger partial charge < -0.3 is 10.3 Å². The van der Waals surface area contributed by atoms with Crippen molar-refractivity contribution in [2.75, 3.05) is 6.54 Å². The molecule has 0 radical (unpaired) electrons. The molecular formula is C22H28N4O3S. The number of carbonyl (C=O) groups excluding carboxylic acids is 1. The van der Waals surface area contributed by atoms with Gasteiger partial charge in [0.25, 0.3) is 5.91 Å². The Kier molecular flexibility index (Phi) is 6.58. The largest absolute Gasteiger partial charge is 0.342 e. The van der Waals surface area contributed by atoms with Crippen molar-refractivity contribution in [3.63, 3.8) is 0 Å². The van der Waals surface area contributed by atoms with E-state index >= 15 is 0 Å². The number of H-pyrrole nitrogens is 1. The second-order valence-electron chi connectivity index (χ2n) is 7.45. The lowest BCUT2D eigenvalue weighted by atomic mass is 9.97. The van der Waals surface area contributed by atoms with Crippen LogP contribution in [0.2, 0.25) is 0 Å². The second kappa shape index (κ2) is 8.97. The lowest BCUT2D eigenvalue weighted by Gasteiger charge is -2.23. The molecular weight excluding hydrogens is 400 g/mol. The van der Waals surface area contributed by atoms with Crippen LogP contribution in [0.4, 0.5) is 0 Å². The van der Waals surface area contributed by atoms with Crippen molar-refractivity contribution in [1.82, 2.24) is 20.0 Å². The Hall–Kier alpha value is -2.71. The molecule has 1 aromatic heterocycles. The lowest BCUT2D eigenvalue weighted by molar-refractivity contribution is 0.0919. The average Bonchev–Trinajstić information content (AvgIpc) is 3.15. The number of para-hydroxylation sites is 2. The summed E-state index contributed by atoms with van der Waals surface area (Å²) in [5.41, 5.74) is 2.78. The van der Waals surface area contributed by atoms with Gasteiger partial charge >= 0.3 is 0 Å². The normalized spacial score (nSPS) is 13.9. The van der Waals surface area contributed by atoms with Gasteiger partial charge in [-0.2, -0.15) is 0 Å². The first-order valence-electron chi connectivity index (χ1n) is 10.1. The van der Waals surface area contributed by atoms with Crippen molar-refractivity contribution in [1.29, 1.82) is 0 Å². The van der Waals surface area contributed by atoms with Crippen LogP contribution in [-0.2, 0) is 10.0 Å². The molecule has 2 atom stereocenters. The molecule has 7 nitrogen and oxygen atoms in total. The number of nitrogens with zero attached hydrogens (tertiary/aromatic N) is 1. The van der Waals surface area contributed by atoms with Crippen molar-refractivity contribution in [2.45, 2.75) is 45.1 Å².